The summed E-state index contributed by atoms with van der Waals surface area (Å²) in [7, 11) is 0. The Balaban J connectivity index is 2.49. The van der Waals surface area contributed by atoms with E-state index in [-0.39, 0.29) is 5.01 Å². The van der Waals surface area contributed by atoms with Crippen molar-refractivity contribution in [2.75, 3.05) is 5.01 Å². The molecule has 0 atom stereocenters. The second-order valence-electron chi connectivity index (χ2n) is 5.26. The van der Waals surface area contributed by atoms with Crippen LogP contribution in [-0.4, -0.2) is 11.0 Å². The molecule has 0 aliphatic rings. The number of hydrogen-bond acceptors (Lipinski definition) is 5. The first kappa shape index (κ1) is 21.2. The molecular weight excluding hydrogens is 396 g/mol. The molecule has 7 nitrogen and oxygen atoms in total. The van der Waals surface area contributed by atoms with Crippen molar-refractivity contribution >= 4 is 11.7 Å². The Hall–Kier alpha value is -3.06. The number of nitrogens with zero attached hydrogens (tertiary/aromatic N) is 2. The van der Waals surface area contributed by atoms with Crippen molar-refractivity contribution in [3.8, 4) is 5.88 Å². The van der Waals surface area contributed by atoms with Crippen LogP contribution in [0.3, 0.4) is 0 Å². The van der Waals surface area contributed by atoms with Crippen LogP contribution < -0.4 is 26.9 Å². The van der Waals surface area contributed by atoms with Gasteiger partial charge < -0.3 is 4.74 Å². The molecule has 2 rings (SSSR count). The molecule has 0 unspecified atom stereocenters. The first-order valence-corrected chi connectivity index (χ1v) is 7.36. The minimum Gasteiger partial charge on any atom is -0.472 e. The van der Waals surface area contributed by atoms with Gasteiger partial charge in [0, 0.05) is 11.8 Å². The standard InChI is InChI=1S/C15H13F6N5O2/c16-14(17,18)9-3-1-5-11(26(23)13(27)25-22)8(9)7-28-12-10(15(19,20)21)4-2-6-24-12/h1-6H,7,22-23H2,(H,25,27). The highest BCUT2D eigenvalue weighted by atomic mass is 19.4. The molecule has 1 heterocycles. The van der Waals surface area contributed by atoms with Crippen molar-refractivity contribution < 1.29 is 35.9 Å². The molecule has 2 aromatic rings. The summed E-state index contributed by atoms with van der Waals surface area (Å²) < 4.78 is 83.9. The van der Waals surface area contributed by atoms with Crippen molar-refractivity contribution in [1.82, 2.24) is 10.4 Å². The van der Waals surface area contributed by atoms with E-state index in [1.807, 2.05) is 0 Å². The van der Waals surface area contributed by atoms with Crippen LogP contribution in [0.5, 0.6) is 5.88 Å². The topological polar surface area (TPSA) is 106 Å². The minimum atomic E-state index is -4.90. The van der Waals surface area contributed by atoms with Gasteiger partial charge in [-0.3, -0.25) is 5.43 Å². The number of hydrogen-bond donors (Lipinski definition) is 3. The lowest BCUT2D eigenvalue weighted by atomic mass is 10.0. The van der Waals surface area contributed by atoms with E-state index < -0.39 is 53.2 Å². The van der Waals surface area contributed by atoms with Gasteiger partial charge in [0.2, 0.25) is 5.88 Å². The largest absolute Gasteiger partial charge is 0.472 e. The van der Waals surface area contributed by atoms with Gasteiger partial charge in [-0.15, -0.1) is 0 Å². The minimum absolute atomic E-state index is 0.275. The molecule has 28 heavy (non-hydrogen) atoms. The average molecular weight is 409 g/mol. The molecule has 5 N–H and O–H groups in total. The molecule has 0 radical (unpaired) electrons. The summed E-state index contributed by atoms with van der Waals surface area (Å²) in [5, 5.41) is 0.275. The lowest BCUT2D eigenvalue weighted by Gasteiger charge is -2.23. The maximum Gasteiger partial charge on any atom is 0.421 e. The summed E-state index contributed by atoms with van der Waals surface area (Å²) in [6.45, 7) is -1.00. The Kier molecular flexibility index (Phi) is 5.99. The number of benzene rings is 1. The Bertz CT molecular complexity index is 856. The van der Waals surface area contributed by atoms with E-state index >= 15 is 0 Å². The van der Waals surface area contributed by atoms with Crippen molar-refractivity contribution in [2.24, 2.45) is 11.7 Å². The van der Waals surface area contributed by atoms with Crippen LogP contribution in [0.25, 0.3) is 0 Å². The van der Waals surface area contributed by atoms with Gasteiger partial charge in [-0.05, 0) is 24.3 Å². The maximum atomic E-state index is 13.3. The third-order valence-electron chi connectivity index (χ3n) is 3.49. The normalized spacial score (nSPS) is 11.9. The van der Waals surface area contributed by atoms with E-state index in [0.717, 1.165) is 24.4 Å². The molecule has 0 saturated heterocycles. The zero-order chi connectivity index (χ0) is 21.1. The number of nitrogens with one attached hydrogen (secondary N) is 1. The van der Waals surface area contributed by atoms with Crippen LogP contribution in [0.4, 0.5) is 36.8 Å². The van der Waals surface area contributed by atoms with Gasteiger partial charge in [-0.25, -0.2) is 26.5 Å². The summed E-state index contributed by atoms with van der Waals surface area (Å²) in [6.07, 6.45) is -8.75. The SMILES string of the molecule is NNC(=O)N(N)c1cccc(C(F)(F)F)c1COc1ncccc1C(F)(F)F. The molecule has 0 aliphatic carbocycles. The fourth-order valence-electron chi connectivity index (χ4n) is 2.26. The van der Waals surface area contributed by atoms with Crippen LogP contribution in [0.1, 0.15) is 16.7 Å². The number of aromatic nitrogens is 1. The molecule has 2 amide bonds. The number of ether oxygens (including phenoxy) is 1. The highest BCUT2D eigenvalue weighted by molar-refractivity contribution is 5.91. The van der Waals surface area contributed by atoms with E-state index in [1.165, 1.54) is 0 Å². The van der Waals surface area contributed by atoms with Gasteiger partial charge in [0.05, 0.1) is 11.3 Å². The predicted octanol–water partition coefficient (Wildman–Crippen LogP) is 2.96. The van der Waals surface area contributed by atoms with Crippen molar-refractivity contribution in [1.29, 1.82) is 0 Å². The van der Waals surface area contributed by atoms with Crippen LogP contribution in [0.15, 0.2) is 36.5 Å². The Labute approximate surface area is 153 Å². The molecule has 0 bridgehead atoms. The van der Waals surface area contributed by atoms with Gasteiger partial charge in [0.1, 0.15) is 12.2 Å². The number of pyridine rings is 1. The second-order valence-corrected chi connectivity index (χ2v) is 5.26. The Morgan fingerprint density at radius 2 is 1.68 bits per heavy atom. The molecule has 0 saturated carbocycles. The molecule has 1 aromatic heterocycles. The third kappa shape index (κ3) is 4.61. The molecule has 152 valence electrons. The first-order chi connectivity index (χ1) is 13.0. The zero-order valence-corrected chi connectivity index (χ0v) is 13.8. The maximum absolute atomic E-state index is 13.3. The van der Waals surface area contributed by atoms with Gasteiger partial charge in [-0.1, -0.05) is 6.07 Å². The van der Waals surface area contributed by atoms with Gasteiger partial charge >= 0.3 is 18.4 Å². The lowest BCUT2D eigenvalue weighted by Crippen LogP contribution is -2.48. The fraction of sp³-hybridized carbons (Fsp3) is 0.200. The number of alkyl halides is 6. The van der Waals surface area contributed by atoms with Crippen LogP contribution in [0.2, 0.25) is 0 Å². The van der Waals surface area contributed by atoms with Crippen LogP contribution >= 0.6 is 0 Å². The van der Waals surface area contributed by atoms with E-state index in [2.05, 4.69) is 4.98 Å². The van der Waals surface area contributed by atoms with Gasteiger partial charge in [-0.2, -0.15) is 26.3 Å². The molecule has 1 aromatic carbocycles. The zero-order valence-electron chi connectivity index (χ0n) is 13.8. The molecule has 0 spiro atoms. The highest BCUT2D eigenvalue weighted by Crippen LogP contribution is 2.38. The summed E-state index contributed by atoms with van der Waals surface area (Å²) in [5.74, 6) is 9.43. The van der Waals surface area contributed by atoms with Gasteiger partial charge in [0.25, 0.3) is 0 Å². The van der Waals surface area contributed by atoms with E-state index in [0.29, 0.717) is 12.1 Å². The lowest BCUT2D eigenvalue weighted by molar-refractivity contribution is -0.141. The average Bonchev–Trinajstić information content (AvgIpc) is 2.63. The number of rotatable bonds is 4. The summed E-state index contributed by atoms with van der Waals surface area (Å²) in [4.78, 5) is 15.0. The first-order valence-electron chi connectivity index (χ1n) is 7.36. The predicted molar refractivity (Wildman–Crippen MR) is 84.4 cm³/mol. The number of carbonyl (C=O) groups excluding carboxylic acids is 1. The number of anilines is 1. The van der Waals surface area contributed by atoms with Crippen molar-refractivity contribution in [2.45, 2.75) is 19.0 Å². The van der Waals surface area contributed by atoms with Gasteiger partial charge in [0.15, 0.2) is 0 Å². The second kappa shape index (κ2) is 7.90. The Morgan fingerprint density at radius 1 is 1.07 bits per heavy atom. The van der Waals surface area contributed by atoms with Crippen molar-refractivity contribution in [3.05, 3.63) is 53.2 Å². The third-order valence-corrected chi connectivity index (χ3v) is 3.49. The van der Waals surface area contributed by atoms with E-state index in [4.69, 9.17) is 16.4 Å². The molecule has 13 heteroatoms. The molecule has 0 fully saturated rings. The number of carbonyl (C=O) groups is 1. The summed E-state index contributed by atoms with van der Waals surface area (Å²) in [5.41, 5.74) is -2.05. The number of hydrazine groups is 2. The van der Waals surface area contributed by atoms with E-state index in [9.17, 15) is 31.1 Å². The highest BCUT2D eigenvalue weighted by Gasteiger charge is 2.37. The monoisotopic (exact) mass is 409 g/mol. The smallest absolute Gasteiger partial charge is 0.421 e. The molecular formula is C15H13F6N5O2. The van der Waals surface area contributed by atoms with Crippen LogP contribution in [-0.2, 0) is 19.0 Å². The summed E-state index contributed by atoms with van der Waals surface area (Å²) in [6, 6.07) is 3.18. The summed E-state index contributed by atoms with van der Waals surface area (Å²) >= 11 is 0. The fourth-order valence-corrected chi connectivity index (χ4v) is 2.26. The number of nitrogens with two attached hydrogens (primary N) is 2. The Morgan fingerprint density at radius 3 is 2.25 bits per heavy atom. The number of halogens is 6. The molecule has 0 aliphatic heterocycles. The number of urea groups is 1. The van der Waals surface area contributed by atoms with Crippen LogP contribution in [0, 0.1) is 0 Å². The quantitative estimate of drug-likeness (QED) is 0.312. The van der Waals surface area contributed by atoms with Crippen molar-refractivity contribution in [3.63, 3.8) is 0 Å². The van der Waals surface area contributed by atoms with E-state index in [1.54, 1.807) is 5.43 Å². The number of amides is 2.